The Morgan fingerprint density at radius 3 is 2.71 bits per heavy atom. The lowest BCUT2D eigenvalue weighted by molar-refractivity contribution is 0.00477. The van der Waals surface area contributed by atoms with E-state index in [2.05, 4.69) is 53.6 Å². The molecule has 0 saturated heterocycles. The second-order valence-electron chi connectivity index (χ2n) is 3.71. The first kappa shape index (κ1) is 12.2. The number of halogens is 1. The van der Waals surface area contributed by atoms with Gasteiger partial charge in [0.15, 0.2) is 0 Å². The van der Waals surface area contributed by atoms with Crippen LogP contribution >= 0.6 is 27.3 Å². The van der Waals surface area contributed by atoms with Crippen molar-refractivity contribution in [1.82, 2.24) is 5.48 Å². The van der Waals surface area contributed by atoms with Crippen molar-refractivity contribution in [2.24, 2.45) is 5.92 Å². The molecule has 4 heteroatoms. The lowest BCUT2D eigenvalue weighted by Crippen LogP contribution is -2.20. The zero-order valence-corrected chi connectivity index (χ0v) is 11.1. The van der Waals surface area contributed by atoms with E-state index in [0.29, 0.717) is 5.92 Å². The summed E-state index contributed by atoms with van der Waals surface area (Å²) in [5, 5.41) is 2.08. The normalized spacial score (nSPS) is 13.5. The van der Waals surface area contributed by atoms with Crippen LogP contribution in [0.3, 0.4) is 0 Å². The molecule has 80 valence electrons. The van der Waals surface area contributed by atoms with Gasteiger partial charge in [-0.1, -0.05) is 13.8 Å². The molecular weight excluding hydrogens is 262 g/mol. The molecule has 1 heterocycles. The number of hydrogen-bond acceptors (Lipinski definition) is 3. The summed E-state index contributed by atoms with van der Waals surface area (Å²) in [5.74, 6) is 0.560. The summed E-state index contributed by atoms with van der Waals surface area (Å²) >= 11 is 5.16. The van der Waals surface area contributed by atoms with E-state index in [1.807, 2.05) is 0 Å². The molecule has 1 aromatic rings. The van der Waals surface area contributed by atoms with Crippen LogP contribution in [0.4, 0.5) is 0 Å². The van der Waals surface area contributed by atoms with Gasteiger partial charge in [-0.2, -0.15) is 5.48 Å². The summed E-state index contributed by atoms with van der Waals surface area (Å²) in [4.78, 5) is 6.64. The second kappa shape index (κ2) is 5.85. The van der Waals surface area contributed by atoms with Gasteiger partial charge in [0.2, 0.25) is 0 Å². The highest BCUT2D eigenvalue weighted by atomic mass is 79.9. The summed E-state index contributed by atoms with van der Waals surface area (Å²) in [6.07, 6.45) is 0. The zero-order chi connectivity index (χ0) is 10.6. The van der Waals surface area contributed by atoms with Crippen molar-refractivity contribution in [3.63, 3.8) is 0 Å². The first-order valence-electron chi connectivity index (χ1n) is 4.71. The van der Waals surface area contributed by atoms with Crippen LogP contribution in [0.5, 0.6) is 0 Å². The molecule has 1 aromatic heterocycles. The molecule has 0 bridgehead atoms. The highest BCUT2D eigenvalue weighted by Gasteiger charge is 2.07. The maximum atomic E-state index is 5.36. The standard InChI is InChI=1S/C10H16BrNOS/c1-7(2)5-13-12-8(3)10-4-9(11)6-14-10/h4,6-8,12H,5H2,1-3H3. The van der Waals surface area contributed by atoms with Crippen LogP contribution in [0.25, 0.3) is 0 Å². The molecule has 0 radical (unpaired) electrons. The van der Waals surface area contributed by atoms with Gasteiger partial charge in [0.05, 0.1) is 12.6 Å². The number of hydroxylamine groups is 1. The van der Waals surface area contributed by atoms with Crippen molar-refractivity contribution >= 4 is 27.3 Å². The minimum Gasteiger partial charge on any atom is -0.301 e. The van der Waals surface area contributed by atoms with E-state index in [4.69, 9.17) is 4.84 Å². The topological polar surface area (TPSA) is 21.3 Å². The van der Waals surface area contributed by atoms with Gasteiger partial charge >= 0.3 is 0 Å². The predicted molar refractivity (Wildman–Crippen MR) is 64.4 cm³/mol. The number of nitrogens with one attached hydrogen (secondary N) is 1. The van der Waals surface area contributed by atoms with Crippen LogP contribution in [0.2, 0.25) is 0 Å². The quantitative estimate of drug-likeness (QED) is 0.828. The Kier molecular flexibility index (Phi) is 5.09. The monoisotopic (exact) mass is 277 g/mol. The third-order valence-corrected chi connectivity index (χ3v) is 3.57. The molecule has 0 aromatic carbocycles. The maximum absolute atomic E-state index is 5.36. The molecule has 1 N–H and O–H groups in total. The van der Waals surface area contributed by atoms with E-state index in [0.717, 1.165) is 11.1 Å². The third kappa shape index (κ3) is 4.09. The van der Waals surface area contributed by atoms with Crippen molar-refractivity contribution < 1.29 is 4.84 Å². The Balaban J connectivity index is 2.32. The maximum Gasteiger partial charge on any atom is 0.0705 e. The minimum absolute atomic E-state index is 0.255. The fourth-order valence-corrected chi connectivity index (χ4v) is 2.40. The van der Waals surface area contributed by atoms with Crippen molar-refractivity contribution in [3.8, 4) is 0 Å². The predicted octanol–water partition coefficient (Wildman–Crippen LogP) is 3.75. The fourth-order valence-electron chi connectivity index (χ4n) is 0.953. The minimum atomic E-state index is 0.255. The first-order chi connectivity index (χ1) is 6.59. The van der Waals surface area contributed by atoms with Crippen LogP contribution in [0, 0.1) is 5.92 Å². The Morgan fingerprint density at radius 1 is 1.50 bits per heavy atom. The summed E-state index contributed by atoms with van der Waals surface area (Å²) in [7, 11) is 0. The molecular formula is C10H16BrNOS. The van der Waals surface area contributed by atoms with Crippen LogP contribution in [-0.4, -0.2) is 6.61 Å². The van der Waals surface area contributed by atoms with Crippen molar-refractivity contribution in [3.05, 3.63) is 20.8 Å². The van der Waals surface area contributed by atoms with Gasteiger partial charge in [0.25, 0.3) is 0 Å². The molecule has 1 rings (SSSR count). The zero-order valence-electron chi connectivity index (χ0n) is 8.71. The van der Waals surface area contributed by atoms with Gasteiger partial charge in [-0.15, -0.1) is 11.3 Å². The highest BCUT2D eigenvalue weighted by Crippen LogP contribution is 2.25. The Hall–Kier alpha value is 0.1000. The number of hydrogen-bond donors (Lipinski definition) is 1. The third-order valence-electron chi connectivity index (χ3n) is 1.69. The Labute approximate surface area is 97.7 Å². The van der Waals surface area contributed by atoms with E-state index in [9.17, 15) is 0 Å². The molecule has 0 saturated carbocycles. The van der Waals surface area contributed by atoms with Gasteiger partial charge in [0, 0.05) is 14.7 Å². The Morgan fingerprint density at radius 2 is 2.21 bits per heavy atom. The van der Waals surface area contributed by atoms with Crippen LogP contribution in [-0.2, 0) is 4.84 Å². The van der Waals surface area contributed by atoms with Crippen LogP contribution in [0.1, 0.15) is 31.7 Å². The molecule has 0 aliphatic carbocycles. The highest BCUT2D eigenvalue weighted by molar-refractivity contribution is 9.10. The van der Waals surface area contributed by atoms with Crippen LogP contribution < -0.4 is 5.48 Å². The van der Waals surface area contributed by atoms with Crippen molar-refractivity contribution in [2.75, 3.05) is 6.61 Å². The molecule has 0 spiro atoms. The summed E-state index contributed by atoms with van der Waals surface area (Å²) in [6.45, 7) is 7.11. The van der Waals surface area contributed by atoms with Gasteiger partial charge in [-0.25, -0.2) is 0 Å². The lowest BCUT2D eigenvalue weighted by Gasteiger charge is -2.13. The summed E-state index contributed by atoms with van der Waals surface area (Å²) in [5.41, 5.74) is 3.03. The van der Waals surface area contributed by atoms with Gasteiger partial charge in [-0.05, 0) is 34.8 Å². The first-order valence-corrected chi connectivity index (χ1v) is 6.38. The van der Waals surface area contributed by atoms with Gasteiger partial charge in [0.1, 0.15) is 0 Å². The van der Waals surface area contributed by atoms with E-state index < -0.39 is 0 Å². The molecule has 0 aliphatic rings. The van der Waals surface area contributed by atoms with Gasteiger partial charge < -0.3 is 4.84 Å². The molecule has 0 fully saturated rings. The van der Waals surface area contributed by atoms with Crippen molar-refractivity contribution in [2.45, 2.75) is 26.8 Å². The SMILES string of the molecule is CC(C)CONC(C)c1cc(Br)cs1. The Bertz CT molecular complexity index is 275. The molecule has 0 aliphatic heterocycles. The van der Waals surface area contributed by atoms with E-state index in [1.54, 1.807) is 11.3 Å². The largest absolute Gasteiger partial charge is 0.301 e. The molecule has 2 nitrogen and oxygen atoms in total. The molecule has 14 heavy (non-hydrogen) atoms. The second-order valence-corrected chi connectivity index (χ2v) is 5.57. The molecule has 1 unspecified atom stereocenters. The molecule has 1 atom stereocenters. The summed E-state index contributed by atoms with van der Waals surface area (Å²) in [6, 6.07) is 2.37. The van der Waals surface area contributed by atoms with E-state index in [-0.39, 0.29) is 6.04 Å². The number of rotatable bonds is 5. The lowest BCUT2D eigenvalue weighted by atomic mass is 10.2. The molecule has 0 amide bonds. The van der Waals surface area contributed by atoms with Gasteiger partial charge in [-0.3, -0.25) is 0 Å². The smallest absolute Gasteiger partial charge is 0.0705 e. The van der Waals surface area contributed by atoms with Crippen molar-refractivity contribution in [1.29, 1.82) is 0 Å². The summed E-state index contributed by atoms with van der Waals surface area (Å²) < 4.78 is 1.13. The van der Waals surface area contributed by atoms with E-state index in [1.165, 1.54) is 4.88 Å². The average molecular weight is 278 g/mol. The van der Waals surface area contributed by atoms with Crippen LogP contribution in [0.15, 0.2) is 15.9 Å². The average Bonchev–Trinajstić information content (AvgIpc) is 2.51. The number of thiophene rings is 1. The van der Waals surface area contributed by atoms with E-state index >= 15 is 0 Å². The fraction of sp³-hybridized carbons (Fsp3) is 0.600.